The van der Waals surface area contributed by atoms with Crippen LogP contribution in [0.5, 0.6) is 5.75 Å². The average Bonchev–Trinajstić information content (AvgIpc) is 3.51. The van der Waals surface area contributed by atoms with Gasteiger partial charge in [-0.3, -0.25) is 9.55 Å². The van der Waals surface area contributed by atoms with Crippen LogP contribution in [-0.2, 0) is 5.75 Å². The Bertz CT molecular complexity index is 1150. The van der Waals surface area contributed by atoms with Crippen LogP contribution in [0.25, 0.3) is 22.1 Å². The van der Waals surface area contributed by atoms with Crippen LogP contribution in [0.2, 0.25) is 0 Å². The average molecular weight is 464 g/mol. The van der Waals surface area contributed by atoms with Crippen molar-refractivity contribution in [3.8, 4) is 27.8 Å². The van der Waals surface area contributed by atoms with Crippen LogP contribution in [0.15, 0.2) is 59.2 Å². The Kier molecular flexibility index (Phi) is 6.50. The van der Waals surface area contributed by atoms with E-state index in [2.05, 4.69) is 37.3 Å². The Morgan fingerprint density at radius 2 is 1.91 bits per heavy atom. The van der Waals surface area contributed by atoms with Gasteiger partial charge >= 0.3 is 0 Å². The van der Waals surface area contributed by atoms with Crippen LogP contribution < -0.4 is 4.74 Å². The maximum absolute atomic E-state index is 5.32. The zero-order valence-electron chi connectivity index (χ0n) is 18.0. The van der Waals surface area contributed by atoms with Gasteiger partial charge in [0.1, 0.15) is 10.8 Å². The lowest BCUT2D eigenvalue weighted by Gasteiger charge is -2.25. The molecule has 1 saturated carbocycles. The first-order valence-corrected chi connectivity index (χ1v) is 12.8. The van der Waals surface area contributed by atoms with Crippen LogP contribution >= 0.6 is 23.1 Å². The predicted octanol–water partition coefficient (Wildman–Crippen LogP) is 6.27. The van der Waals surface area contributed by atoms with Gasteiger partial charge in [-0.2, -0.15) is 0 Å². The molecule has 8 heteroatoms. The van der Waals surface area contributed by atoms with Crippen molar-refractivity contribution in [2.45, 2.75) is 49.1 Å². The molecule has 0 saturated heterocycles. The van der Waals surface area contributed by atoms with Crippen LogP contribution in [0.4, 0.5) is 0 Å². The van der Waals surface area contributed by atoms with Gasteiger partial charge in [-0.1, -0.05) is 37.1 Å². The summed E-state index contributed by atoms with van der Waals surface area (Å²) in [6, 6.07) is 14.5. The van der Waals surface area contributed by atoms with E-state index in [1.165, 1.54) is 32.1 Å². The van der Waals surface area contributed by atoms with Gasteiger partial charge < -0.3 is 4.74 Å². The molecule has 0 aliphatic heterocycles. The zero-order valence-corrected chi connectivity index (χ0v) is 19.6. The predicted molar refractivity (Wildman–Crippen MR) is 129 cm³/mol. The first-order chi connectivity index (χ1) is 15.8. The van der Waals surface area contributed by atoms with Crippen molar-refractivity contribution >= 4 is 23.1 Å². The molecule has 0 amide bonds. The number of benzene rings is 1. The second kappa shape index (κ2) is 9.83. The first kappa shape index (κ1) is 21.2. The van der Waals surface area contributed by atoms with Gasteiger partial charge in [0, 0.05) is 28.9 Å². The van der Waals surface area contributed by atoms with Crippen molar-refractivity contribution in [1.82, 2.24) is 24.7 Å². The number of hydrogen-bond donors (Lipinski definition) is 0. The van der Waals surface area contributed by atoms with Crippen LogP contribution in [0, 0.1) is 0 Å². The number of rotatable bonds is 7. The van der Waals surface area contributed by atoms with E-state index in [0.29, 0.717) is 6.04 Å². The molecule has 0 unspecified atom stereocenters. The summed E-state index contributed by atoms with van der Waals surface area (Å²) >= 11 is 3.35. The van der Waals surface area contributed by atoms with E-state index in [-0.39, 0.29) is 0 Å². The number of thiazole rings is 1. The topological polar surface area (TPSA) is 65.7 Å². The van der Waals surface area contributed by atoms with Crippen LogP contribution in [0.1, 0.15) is 43.8 Å². The van der Waals surface area contributed by atoms with E-state index in [4.69, 9.17) is 9.72 Å². The van der Waals surface area contributed by atoms with E-state index < -0.39 is 0 Å². The molecule has 0 bridgehead atoms. The van der Waals surface area contributed by atoms with Crippen molar-refractivity contribution in [2.75, 3.05) is 7.11 Å². The highest BCUT2D eigenvalue weighted by Crippen LogP contribution is 2.37. The van der Waals surface area contributed by atoms with Crippen molar-refractivity contribution in [2.24, 2.45) is 0 Å². The molecule has 5 rings (SSSR count). The minimum absolute atomic E-state index is 0.442. The summed E-state index contributed by atoms with van der Waals surface area (Å²) in [6.07, 6.45) is 7.99. The minimum Gasteiger partial charge on any atom is -0.497 e. The number of pyridine rings is 1. The number of nitrogens with zero attached hydrogens (tertiary/aromatic N) is 5. The normalized spacial score (nSPS) is 14.5. The monoisotopic (exact) mass is 463 g/mol. The Hall–Kier alpha value is -2.71. The zero-order chi connectivity index (χ0) is 21.8. The molecule has 32 heavy (non-hydrogen) atoms. The number of ether oxygens (including phenoxy) is 1. The molecule has 1 aliphatic rings. The van der Waals surface area contributed by atoms with E-state index in [9.17, 15) is 0 Å². The quantitative estimate of drug-likeness (QED) is 0.301. The maximum Gasteiger partial charge on any atom is 0.192 e. The van der Waals surface area contributed by atoms with E-state index in [1.807, 2.05) is 30.3 Å². The molecule has 0 spiro atoms. The van der Waals surface area contributed by atoms with Gasteiger partial charge in [0.2, 0.25) is 0 Å². The summed E-state index contributed by atoms with van der Waals surface area (Å²) in [4.78, 5) is 9.20. The second-order valence-electron chi connectivity index (χ2n) is 7.84. The first-order valence-electron chi connectivity index (χ1n) is 10.9. The standard InChI is InChI=1S/C24H25N5OS2/c1-30-20-12-10-17(11-13-20)22-27-28-24(29(22)19-7-3-2-4-8-19)32-16-18-15-31-23(26-18)21-9-5-6-14-25-21/h5-6,9-15,19H,2-4,7-8,16H2,1H3. The summed E-state index contributed by atoms with van der Waals surface area (Å²) in [7, 11) is 1.69. The third kappa shape index (κ3) is 4.56. The molecular formula is C24H25N5OS2. The number of hydrogen-bond acceptors (Lipinski definition) is 7. The molecule has 6 nitrogen and oxygen atoms in total. The molecule has 3 heterocycles. The summed E-state index contributed by atoms with van der Waals surface area (Å²) < 4.78 is 7.68. The largest absolute Gasteiger partial charge is 0.497 e. The SMILES string of the molecule is COc1ccc(-c2nnc(SCc3csc(-c4ccccn4)n3)n2C2CCCCC2)cc1. The Morgan fingerprint density at radius 1 is 1.06 bits per heavy atom. The third-order valence-electron chi connectivity index (χ3n) is 5.74. The highest BCUT2D eigenvalue weighted by molar-refractivity contribution is 7.98. The molecule has 0 N–H and O–H groups in total. The molecule has 0 radical (unpaired) electrons. The number of thioether (sulfide) groups is 1. The lowest BCUT2D eigenvalue weighted by molar-refractivity contribution is 0.339. The highest BCUT2D eigenvalue weighted by Gasteiger charge is 2.24. The van der Waals surface area contributed by atoms with Crippen molar-refractivity contribution < 1.29 is 4.74 Å². The van der Waals surface area contributed by atoms with Gasteiger partial charge in [0.05, 0.1) is 18.5 Å². The van der Waals surface area contributed by atoms with Crippen LogP contribution in [0.3, 0.4) is 0 Å². The highest BCUT2D eigenvalue weighted by atomic mass is 32.2. The molecular weight excluding hydrogens is 438 g/mol. The van der Waals surface area contributed by atoms with Gasteiger partial charge in [0.25, 0.3) is 0 Å². The van der Waals surface area contributed by atoms with E-state index in [1.54, 1.807) is 36.4 Å². The summed E-state index contributed by atoms with van der Waals surface area (Å²) in [5.74, 6) is 2.55. The smallest absolute Gasteiger partial charge is 0.192 e. The Morgan fingerprint density at radius 3 is 2.66 bits per heavy atom. The van der Waals surface area contributed by atoms with Gasteiger partial charge in [-0.05, 0) is 49.2 Å². The fourth-order valence-corrected chi connectivity index (χ4v) is 5.90. The number of methoxy groups -OCH3 is 1. The minimum atomic E-state index is 0.442. The molecule has 3 aromatic heterocycles. The lowest BCUT2D eigenvalue weighted by Crippen LogP contribution is -2.15. The molecule has 4 aromatic rings. The second-order valence-corrected chi connectivity index (χ2v) is 9.64. The van der Waals surface area contributed by atoms with Crippen LogP contribution in [-0.4, -0.2) is 31.8 Å². The van der Waals surface area contributed by atoms with Gasteiger partial charge in [-0.15, -0.1) is 21.5 Å². The summed E-state index contributed by atoms with van der Waals surface area (Å²) in [5, 5.41) is 13.2. The summed E-state index contributed by atoms with van der Waals surface area (Å²) in [5.41, 5.74) is 3.03. The van der Waals surface area contributed by atoms with Gasteiger partial charge in [-0.25, -0.2) is 4.98 Å². The number of aromatic nitrogens is 5. The molecule has 164 valence electrons. The maximum atomic E-state index is 5.32. The molecule has 1 fully saturated rings. The molecule has 1 aromatic carbocycles. The Labute approximate surface area is 196 Å². The van der Waals surface area contributed by atoms with Crippen molar-refractivity contribution in [3.63, 3.8) is 0 Å². The fraction of sp³-hybridized carbons (Fsp3) is 0.333. The van der Waals surface area contributed by atoms with E-state index >= 15 is 0 Å². The fourth-order valence-electron chi connectivity index (χ4n) is 4.10. The van der Waals surface area contributed by atoms with Crippen molar-refractivity contribution in [3.05, 3.63) is 59.7 Å². The van der Waals surface area contributed by atoms with Crippen molar-refractivity contribution in [1.29, 1.82) is 0 Å². The lowest BCUT2D eigenvalue weighted by atomic mass is 9.95. The molecule has 1 aliphatic carbocycles. The summed E-state index contributed by atoms with van der Waals surface area (Å²) in [6.45, 7) is 0. The Balaban J connectivity index is 1.39. The third-order valence-corrected chi connectivity index (χ3v) is 7.63. The van der Waals surface area contributed by atoms with E-state index in [0.717, 1.165) is 44.4 Å². The van der Waals surface area contributed by atoms with Gasteiger partial charge in [0.15, 0.2) is 11.0 Å². The molecule has 0 atom stereocenters.